The number of fused-ring (bicyclic) bond motifs is 1. The third-order valence-electron chi connectivity index (χ3n) is 8.83. The molecule has 0 saturated carbocycles. The second-order valence-corrected chi connectivity index (χ2v) is 14.4. The van der Waals surface area contributed by atoms with Crippen LogP contribution in [-0.4, -0.2) is 74.2 Å². The fourth-order valence-electron chi connectivity index (χ4n) is 5.78. The number of ether oxygens (including phenoxy) is 3. The second-order valence-electron chi connectivity index (χ2n) is 12.4. The Hall–Kier alpha value is -5.87. The van der Waals surface area contributed by atoms with Gasteiger partial charge in [0, 0.05) is 29.8 Å². The Morgan fingerprint density at radius 1 is 0.981 bits per heavy atom. The Kier molecular flexibility index (Phi) is 11.0. The Balaban J connectivity index is 1.24. The SMILES string of the molecule is COc1cc(S(C)(=O)=O)ccc1N(C(=O)OCOC(=O)C1CCNCC1)c1nc2ccc(-c3ccc(NC(=O)C(C)c4ccc(F)cc4)cc3)cn2n1. The zero-order valence-electron chi connectivity index (χ0n) is 29.1. The van der Waals surface area contributed by atoms with Gasteiger partial charge in [0.2, 0.25) is 12.7 Å². The number of esters is 1. The molecule has 3 aromatic carbocycles. The van der Waals surface area contributed by atoms with E-state index in [1.165, 1.54) is 42.0 Å². The number of hydrogen-bond donors (Lipinski definition) is 2. The van der Waals surface area contributed by atoms with Crippen LogP contribution in [0.2, 0.25) is 0 Å². The molecular formula is C37H37FN6O8S. The van der Waals surface area contributed by atoms with Crippen molar-refractivity contribution in [3.8, 4) is 16.9 Å². The smallest absolute Gasteiger partial charge is 0.424 e. The average molecular weight is 745 g/mol. The summed E-state index contributed by atoms with van der Waals surface area (Å²) in [6, 6.07) is 20.4. The van der Waals surface area contributed by atoms with Gasteiger partial charge in [-0.3, -0.25) is 9.59 Å². The van der Waals surface area contributed by atoms with Gasteiger partial charge in [0.15, 0.2) is 15.5 Å². The number of halogens is 1. The van der Waals surface area contributed by atoms with E-state index in [-0.39, 0.29) is 39.9 Å². The van der Waals surface area contributed by atoms with Crippen molar-refractivity contribution in [1.82, 2.24) is 19.9 Å². The van der Waals surface area contributed by atoms with Gasteiger partial charge in [-0.15, -0.1) is 5.10 Å². The van der Waals surface area contributed by atoms with Crippen LogP contribution in [0.3, 0.4) is 0 Å². The van der Waals surface area contributed by atoms with Crippen molar-refractivity contribution in [3.05, 3.63) is 96.4 Å². The van der Waals surface area contributed by atoms with Crippen LogP contribution in [0.25, 0.3) is 16.8 Å². The molecule has 1 saturated heterocycles. The summed E-state index contributed by atoms with van der Waals surface area (Å²) in [5.74, 6) is -2.01. The van der Waals surface area contributed by atoms with Gasteiger partial charge >= 0.3 is 12.1 Å². The third kappa shape index (κ3) is 8.61. The lowest BCUT2D eigenvalue weighted by molar-refractivity contribution is -0.157. The number of carbonyl (C=O) groups excluding carboxylic acids is 3. The van der Waals surface area contributed by atoms with Crippen LogP contribution in [-0.2, 0) is 28.9 Å². The molecular weight excluding hydrogens is 708 g/mol. The molecule has 16 heteroatoms. The number of anilines is 3. The molecule has 1 unspecified atom stereocenters. The van der Waals surface area contributed by atoms with Crippen molar-refractivity contribution in [2.24, 2.45) is 5.92 Å². The Morgan fingerprint density at radius 2 is 1.68 bits per heavy atom. The summed E-state index contributed by atoms with van der Waals surface area (Å²) in [7, 11) is -2.30. The monoisotopic (exact) mass is 744 g/mol. The predicted molar refractivity (Wildman–Crippen MR) is 193 cm³/mol. The summed E-state index contributed by atoms with van der Waals surface area (Å²) in [4.78, 5) is 44.5. The van der Waals surface area contributed by atoms with Crippen molar-refractivity contribution in [3.63, 3.8) is 0 Å². The van der Waals surface area contributed by atoms with E-state index in [1.54, 1.807) is 43.5 Å². The lowest BCUT2D eigenvalue weighted by Crippen LogP contribution is -2.34. The average Bonchev–Trinajstić information content (AvgIpc) is 3.58. The first-order valence-corrected chi connectivity index (χ1v) is 18.6. The van der Waals surface area contributed by atoms with E-state index >= 15 is 0 Å². The summed E-state index contributed by atoms with van der Waals surface area (Å²) in [6.45, 7) is 2.44. The van der Waals surface area contributed by atoms with Crippen molar-refractivity contribution >= 4 is 50.8 Å². The number of aromatic nitrogens is 3. The Labute approximate surface area is 304 Å². The molecule has 0 radical (unpaired) electrons. The fourth-order valence-corrected chi connectivity index (χ4v) is 6.41. The lowest BCUT2D eigenvalue weighted by atomic mass is 9.99. The fraction of sp³-hybridized carbons (Fsp3) is 0.270. The maximum atomic E-state index is 13.7. The first-order chi connectivity index (χ1) is 25.4. The van der Waals surface area contributed by atoms with Crippen LogP contribution in [0.15, 0.2) is 90.0 Å². The number of nitrogens with one attached hydrogen (secondary N) is 2. The minimum Gasteiger partial charge on any atom is -0.495 e. The van der Waals surface area contributed by atoms with Crippen LogP contribution in [0.1, 0.15) is 31.2 Å². The molecule has 0 aliphatic carbocycles. The second kappa shape index (κ2) is 15.8. The van der Waals surface area contributed by atoms with Crippen molar-refractivity contribution in [2.75, 3.05) is 43.5 Å². The number of carbonyl (C=O) groups is 3. The zero-order valence-corrected chi connectivity index (χ0v) is 29.9. The topological polar surface area (TPSA) is 171 Å². The van der Waals surface area contributed by atoms with E-state index in [4.69, 9.17) is 14.2 Å². The largest absolute Gasteiger partial charge is 0.495 e. The van der Waals surface area contributed by atoms with Crippen LogP contribution in [0.4, 0.5) is 26.5 Å². The molecule has 1 aliphatic heterocycles. The van der Waals surface area contributed by atoms with E-state index in [1.807, 2.05) is 18.2 Å². The van der Waals surface area contributed by atoms with Gasteiger partial charge in [-0.25, -0.2) is 27.0 Å². The molecule has 14 nitrogen and oxygen atoms in total. The number of nitrogens with zero attached hydrogens (tertiary/aromatic N) is 4. The number of pyridine rings is 1. The lowest BCUT2D eigenvalue weighted by Gasteiger charge is -2.22. The molecule has 2 N–H and O–H groups in total. The predicted octanol–water partition coefficient (Wildman–Crippen LogP) is 5.46. The molecule has 5 aromatic rings. The molecule has 276 valence electrons. The number of piperidine rings is 1. The number of amides is 2. The maximum Gasteiger partial charge on any atom is 0.424 e. The van der Waals surface area contributed by atoms with Crippen LogP contribution < -0.4 is 20.3 Å². The highest BCUT2D eigenvalue weighted by Gasteiger charge is 2.29. The maximum absolute atomic E-state index is 13.7. The molecule has 0 spiro atoms. The molecule has 2 aromatic heterocycles. The Morgan fingerprint density at radius 3 is 2.36 bits per heavy atom. The summed E-state index contributed by atoms with van der Waals surface area (Å²) in [6.07, 6.45) is 2.95. The van der Waals surface area contributed by atoms with Crippen LogP contribution in [0.5, 0.6) is 5.75 Å². The quantitative estimate of drug-likeness (QED) is 0.130. The van der Waals surface area contributed by atoms with Crippen molar-refractivity contribution in [1.29, 1.82) is 0 Å². The summed E-state index contributed by atoms with van der Waals surface area (Å²) in [5.41, 5.74) is 3.23. The molecule has 1 atom stereocenters. The highest BCUT2D eigenvalue weighted by molar-refractivity contribution is 7.90. The highest BCUT2D eigenvalue weighted by atomic mass is 32.2. The van der Waals surface area contributed by atoms with Crippen LogP contribution >= 0.6 is 0 Å². The van der Waals surface area contributed by atoms with Gasteiger partial charge < -0.3 is 24.8 Å². The third-order valence-corrected chi connectivity index (χ3v) is 9.94. The summed E-state index contributed by atoms with van der Waals surface area (Å²) in [5, 5.41) is 10.6. The van der Waals surface area contributed by atoms with E-state index in [0.29, 0.717) is 42.8 Å². The molecule has 0 bridgehead atoms. The first kappa shape index (κ1) is 36.9. The van der Waals surface area contributed by atoms with Gasteiger partial charge in [0.1, 0.15) is 11.6 Å². The van der Waals surface area contributed by atoms with E-state index < -0.39 is 34.6 Å². The minimum absolute atomic E-state index is 0.0235. The van der Waals surface area contributed by atoms with Gasteiger partial charge in [0.05, 0.1) is 29.5 Å². The number of sulfone groups is 1. The standard InChI is InChI=1S/C37H37FN6O8S/c1-23(24-4-9-28(38)10-5-24)34(45)40-29-11-6-25(7-12-29)27-8-15-33-41-36(42-43(33)21-27)44(31-14-13-30(53(3,48)49)20-32(31)50-2)37(47)52-22-51-35(46)26-16-18-39-19-17-26/h4-15,20-21,23,26,39H,16-19,22H2,1-3H3,(H,40,45). The molecule has 1 fully saturated rings. The molecule has 6 rings (SSSR count). The van der Waals surface area contributed by atoms with Crippen molar-refractivity contribution in [2.45, 2.75) is 30.6 Å². The van der Waals surface area contributed by atoms with Gasteiger partial charge in [-0.2, -0.15) is 4.98 Å². The highest BCUT2D eigenvalue weighted by Crippen LogP contribution is 2.35. The molecule has 1 aliphatic rings. The van der Waals surface area contributed by atoms with Gasteiger partial charge in [-0.1, -0.05) is 24.3 Å². The number of hydrogen-bond acceptors (Lipinski definition) is 11. The van der Waals surface area contributed by atoms with E-state index in [0.717, 1.165) is 22.3 Å². The molecule has 3 heterocycles. The molecule has 53 heavy (non-hydrogen) atoms. The summed E-state index contributed by atoms with van der Waals surface area (Å²) >= 11 is 0. The van der Waals surface area contributed by atoms with E-state index in [9.17, 15) is 27.2 Å². The van der Waals surface area contributed by atoms with Gasteiger partial charge in [-0.05, 0) is 92.5 Å². The van der Waals surface area contributed by atoms with Crippen molar-refractivity contribution < 1.29 is 41.4 Å². The molecule has 2 amide bonds. The van der Waals surface area contributed by atoms with Crippen LogP contribution in [0, 0.1) is 11.7 Å². The minimum atomic E-state index is -3.62. The number of benzene rings is 3. The summed E-state index contributed by atoms with van der Waals surface area (Å²) < 4.78 is 55.4. The van der Waals surface area contributed by atoms with Gasteiger partial charge in [0.25, 0.3) is 5.95 Å². The Bertz CT molecular complexity index is 2240. The normalized spacial score (nSPS) is 14.0. The number of rotatable bonds is 11. The first-order valence-electron chi connectivity index (χ1n) is 16.7. The van der Waals surface area contributed by atoms with E-state index in [2.05, 4.69) is 20.7 Å². The zero-order chi connectivity index (χ0) is 37.7. The number of methoxy groups -OCH3 is 1.